The summed E-state index contributed by atoms with van der Waals surface area (Å²) in [6.45, 7) is 12.3. The van der Waals surface area contributed by atoms with Gasteiger partial charge in [-0.2, -0.15) is 0 Å². The number of nitrogens with one attached hydrogen (secondary N) is 1. The number of benzene rings is 1. The molecule has 160 valence electrons. The largest absolute Gasteiger partial charge is 0.369 e. The Labute approximate surface area is 189 Å². The van der Waals surface area contributed by atoms with Crippen molar-refractivity contribution in [2.75, 3.05) is 64.8 Å². The highest BCUT2D eigenvalue weighted by Crippen LogP contribution is 2.17. The number of unbranched alkanes of at least 4 members (excludes halogenated alkanes) is 2. The summed E-state index contributed by atoms with van der Waals surface area (Å²) in [6.07, 6.45) is 4.87. The van der Waals surface area contributed by atoms with Gasteiger partial charge in [0.1, 0.15) is 0 Å². The number of rotatable bonds is 9. The maximum absolute atomic E-state index is 4.39. The minimum Gasteiger partial charge on any atom is -0.369 e. The Morgan fingerprint density at radius 1 is 1.14 bits per heavy atom. The molecule has 0 bridgehead atoms. The maximum Gasteiger partial charge on any atom is 0.193 e. The summed E-state index contributed by atoms with van der Waals surface area (Å²) in [5, 5.41) is 3.50. The van der Waals surface area contributed by atoms with Crippen molar-refractivity contribution in [3.8, 4) is 0 Å². The molecule has 1 aliphatic rings. The predicted molar refractivity (Wildman–Crippen MR) is 133 cm³/mol. The van der Waals surface area contributed by atoms with Gasteiger partial charge in [0.2, 0.25) is 0 Å². The molecule has 0 amide bonds. The van der Waals surface area contributed by atoms with Gasteiger partial charge in [-0.3, -0.25) is 9.89 Å². The fourth-order valence-corrected chi connectivity index (χ4v) is 3.60. The zero-order valence-corrected chi connectivity index (χ0v) is 20.6. The summed E-state index contributed by atoms with van der Waals surface area (Å²) in [7, 11) is 4.00. The van der Waals surface area contributed by atoms with Crippen molar-refractivity contribution in [2.24, 2.45) is 4.99 Å². The van der Waals surface area contributed by atoms with Gasteiger partial charge in [-0.15, -0.1) is 24.0 Å². The van der Waals surface area contributed by atoms with E-state index in [1.807, 2.05) is 7.05 Å². The number of hydrogen-bond donors (Lipinski definition) is 1. The van der Waals surface area contributed by atoms with Crippen LogP contribution in [0.4, 0.5) is 5.69 Å². The fourth-order valence-electron chi connectivity index (χ4n) is 3.60. The second-order valence-corrected chi connectivity index (χ2v) is 7.62. The lowest BCUT2D eigenvalue weighted by Gasteiger charge is -2.36. The first-order valence-corrected chi connectivity index (χ1v) is 10.6. The van der Waals surface area contributed by atoms with Gasteiger partial charge in [0, 0.05) is 59.1 Å². The van der Waals surface area contributed by atoms with Crippen LogP contribution in [-0.4, -0.2) is 75.7 Å². The number of guanidine groups is 1. The van der Waals surface area contributed by atoms with Crippen LogP contribution in [0.1, 0.15) is 38.2 Å². The molecule has 1 aromatic rings. The number of aliphatic imine (C=N–C) groups is 1. The molecule has 1 aromatic carbocycles. The highest BCUT2D eigenvalue weighted by Gasteiger charge is 2.16. The summed E-state index contributed by atoms with van der Waals surface area (Å²) < 4.78 is 0. The van der Waals surface area contributed by atoms with Crippen LogP contribution in [0.3, 0.4) is 0 Å². The molecule has 0 spiro atoms. The molecule has 0 saturated carbocycles. The minimum absolute atomic E-state index is 0. The number of anilines is 1. The lowest BCUT2D eigenvalue weighted by Crippen LogP contribution is -2.46. The zero-order valence-electron chi connectivity index (χ0n) is 18.3. The molecule has 0 radical (unpaired) electrons. The van der Waals surface area contributed by atoms with Crippen LogP contribution in [0.25, 0.3) is 0 Å². The first kappa shape index (κ1) is 25.0. The first-order chi connectivity index (χ1) is 13.1. The highest BCUT2D eigenvalue weighted by atomic mass is 127. The summed E-state index contributed by atoms with van der Waals surface area (Å²) in [5.74, 6) is 1.02. The van der Waals surface area contributed by atoms with E-state index in [1.54, 1.807) is 0 Å². The molecular weight excluding hydrogens is 461 g/mol. The summed E-state index contributed by atoms with van der Waals surface area (Å²) in [4.78, 5) is 11.7. The SMILES string of the molecule is CCCCN(C)C(=NC)NCCCCN1CCN(c2cccc(C)c2)CC1.I. The molecule has 0 atom stereocenters. The summed E-state index contributed by atoms with van der Waals surface area (Å²) in [6, 6.07) is 8.87. The Hall–Kier alpha value is -1.02. The normalized spacial score (nSPS) is 15.3. The minimum atomic E-state index is 0. The monoisotopic (exact) mass is 501 g/mol. The van der Waals surface area contributed by atoms with Gasteiger partial charge in [-0.25, -0.2) is 0 Å². The standard InChI is InChI=1S/C22H39N5.HI/c1-5-6-13-25(4)22(23-3)24-12-7-8-14-26-15-17-27(18-16-26)21-11-9-10-20(2)19-21;/h9-11,19H,5-8,12-18H2,1-4H3,(H,23,24);1H. The Morgan fingerprint density at radius 3 is 2.54 bits per heavy atom. The maximum atomic E-state index is 4.39. The average Bonchev–Trinajstić information content (AvgIpc) is 2.69. The Bertz CT molecular complexity index is 570. The van der Waals surface area contributed by atoms with Crippen LogP contribution < -0.4 is 10.2 Å². The van der Waals surface area contributed by atoms with E-state index >= 15 is 0 Å². The third-order valence-electron chi connectivity index (χ3n) is 5.34. The molecule has 0 aromatic heterocycles. The number of hydrogen-bond acceptors (Lipinski definition) is 3. The molecule has 1 N–H and O–H groups in total. The summed E-state index contributed by atoms with van der Waals surface area (Å²) in [5.41, 5.74) is 2.72. The summed E-state index contributed by atoms with van der Waals surface area (Å²) >= 11 is 0. The Balaban J connectivity index is 0.00000392. The third kappa shape index (κ3) is 8.55. The molecule has 2 rings (SSSR count). The van der Waals surface area contributed by atoms with Crippen LogP contribution in [0.15, 0.2) is 29.3 Å². The van der Waals surface area contributed by atoms with E-state index in [1.165, 1.54) is 56.6 Å². The Morgan fingerprint density at radius 2 is 1.89 bits per heavy atom. The fraction of sp³-hybridized carbons (Fsp3) is 0.682. The van der Waals surface area contributed by atoms with E-state index < -0.39 is 0 Å². The molecule has 1 aliphatic heterocycles. The lowest BCUT2D eigenvalue weighted by molar-refractivity contribution is 0.253. The molecular formula is C22H40IN5. The lowest BCUT2D eigenvalue weighted by atomic mass is 10.2. The van der Waals surface area contributed by atoms with Gasteiger partial charge in [0.05, 0.1) is 0 Å². The van der Waals surface area contributed by atoms with Crippen LogP contribution in [0, 0.1) is 6.92 Å². The van der Waals surface area contributed by atoms with Crippen molar-refractivity contribution < 1.29 is 0 Å². The van der Waals surface area contributed by atoms with Gasteiger partial charge in [0.25, 0.3) is 0 Å². The van der Waals surface area contributed by atoms with Crippen molar-refractivity contribution in [2.45, 2.75) is 39.5 Å². The molecule has 1 heterocycles. The van der Waals surface area contributed by atoms with Gasteiger partial charge in [0.15, 0.2) is 5.96 Å². The van der Waals surface area contributed by atoms with E-state index in [0.29, 0.717) is 0 Å². The topological polar surface area (TPSA) is 34.1 Å². The highest BCUT2D eigenvalue weighted by molar-refractivity contribution is 14.0. The number of nitrogens with zero attached hydrogens (tertiary/aromatic N) is 4. The number of halogens is 1. The zero-order chi connectivity index (χ0) is 19.5. The van der Waals surface area contributed by atoms with Crippen LogP contribution in [-0.2, 0) is 0 Å². The Kier molecular flexibility index (Phi) is 12.5. The van der Waals surface area contributed by atoms with Crippen molar-refractivity contribution in [1.29, 1.82) is 0 Å². The third-order valence-corrected chi connectivity index (χ3v) is 5.34. The molecule has 0 aliphatic carbocycles. The van der Waals surface area contributed by atoms with Crippen LogP contribution >= 0.6 is 24.0 Å². The van der Waals surface area contributed by atoms with Crippen molar-refractivity contribution in [3.63, 3.8) is 0 Å². The second kappa shape index (κ2) is 14.0. The van der Waals surface area contributed by atoms with E-state index in [0.717, 1.165) is 32.1 Å². The van der Waals surface area contributed by atoms with Gasteiger partial charge < -0.3 is 15.1 Å². The average molecular weight is 502 g/mol. The number of piperazine rings is 1. The quantitative estimate of drug-likeness (QED) is 0.242. The first-order valence-electron chi connectivity index (χ1n) is 10.6. The van der Waals surface area contributed by atoms with Gasteiger partial charge >= 0.3 is 0 Å². The molecule has 28 heavy (non-hydrogen) atoms. The van der Waals surface area contributed by atoms with E-state index in [2.05, 4.69) is 70.2 Å². The number of aryl methyl sites for hydroxylation is 1. The van der Waals surface area contributed by atoms with Crippen molar-refractivity contribution >= 4 is 35.6 Å². The van der Waals surface area contributed by atoms with Crippen LogP contribution in [0.5, 0.6) is 0 Å². The van der Waals surface area contributed by atoms with Gasteiger partial charge in [-0.05, 0) is 50.4 Å². The van der Waals surface area contributed by atoms with E-state index in [-0.39, 0.29) is 24.0 Å². The van der Waals surface area contributed by atoms with E-state index in [9.17, 15) is 0 Å². The van der Waals surface area contributed by atoms with E-state index in [4.69, 9.17) is 0 Å². The van der Waals surface area contributed by atoms with Crippen LogP contribution in [0.2, 0.25) is 0 Å². The molecule has 6 heteroatoms. The molecule has 1 fully saturated rings. The molecule has 5 nitrogen and oxygen atoms in total. The molecule has 1 saturated heterocycles. The predicted octanol–water partition coefficient (Wildman–Crippen LogP) is 3.82. The smallest absolute Gasteiger partial charge is 0.193 e. The van der Waals surface area contributed by atoms with Crippen molar-refractivity contribution in [1.82, 2.24) is 15.1 Å². The van der Waals surface area contributed by atoms with Crippen molar-refractivity contribution in [3.05, 3.63) is 29.8 Å². The van der Waals surface area contributed by atoms with Gasteiger partial charge in [-0.1, -0.05) is 25.5 Å². The second-order valence-electron chi connectivity index (χ2n) is 7.62. The molecule has 0 unspecified atom stereocenters.